The Balaban J connectivity index is 1.77. The van der Waals surface area contributed by atoms with Crippen molar-refractivity contribution >= 4 is 23.4 Å². The molecule has 0 saturated carbocycles. The lowest BCUT2D eigenvalue weighted by Crippen LogP contribution is -2.43. The van der Waals surface area contributed by atoms with Crippen LogP contribution in [0.3, 0.4) is 0 Å². The molecular weight excluding hydrogens is 358 g/mol. The van der Waals surface area contributed by atoms with Crippen LogP contribution >= 0.6 is 0 Å². The third kappa shape index (κ3) is 6.75. The Labute approximate surface area is 164 Å². The molecule has 2 aromatic rings. The number of nitrogens with one attached hydrogen (secondary N) is 3. The second-order valence-electron chi connectivity index (χ2n) is 6.29. The van der Waals surface area contributed by atoms with Crippen molar-refractivity contribution in [1.29, 1.82) is 0 Å². The number of amides is 3. The lowest BCUT2D eigenvalue weighted by molar-refractivity contribution is -0.123. The second-order valence-corrected chi connectivity index (χ2v) is 6.29. The van der Waals surface area contributed by atoms with Crippen molar-refractivity contribution in [2.24, 2.45) is 0 Å². The average Bonchev–Trinajstić information content (AvgIpc) is 2.70. The van der Waals surface area contributed by atoms with Gasteiger partial charge < -0.3 is 10.1 Å². The fourth-order valence-electron chi connectivity index (χ4n) is 2.36. The van der Waals surface area contributed by atoms with Gasteiger partial charge in [-0.25, -0.2) is 0 Å². The summed E-state index contributed by atoms with van der Waals surface area (Å²) in [4.78, 5) is 35.6. The van der Waals surface area contributed by atoms with Crippen LogP contribution in [0.2, 0.25) is 0 Å². The molecule has 148 valence electrons. The van der Waals surface area contributed by atoms with Gasteiger partial charge in [0.25, 0.3) is 11.8 Å². The summed E-state index contributed by atoms with van der Waals surface area (Å²) in [5.74, 6) is -0.384. The normalized spacial score (nSPS) is 10.1. The molecular formula is C21H25N3O4. The van der Waals surface area contributed by atoms with Crippen LogP contribution in [-0.2, 0) is 9.59 Å². The third-order valence-corrected chi connectivity index (χ3v) is 3.96. The first kappa shape index (κ1) is 21.0. The van der Waals surface area contributed by atoms with E-state index in [0.717, 1.165) is 18.4 Å². The van der Waals surface area contributed by atoms with Crippen molar-refractivity contribution in [2.75, 3.05) is 11.9 Å². The van der Waals surface area contributed by atoms with E-state index in [2.05, 4.69) is 16.2 Å². The number of benzene rings is 2. The molecule has 0 unspecified atom stereocenters. The fraction of sp³-hybridized carbons (Fsp3) is 0.286. The Kier molecular flexibility index (Phi) is 8.02. The molecule has 2 aromatic carbocycles. The zero-order valence-corrected chi connectivity index (χ0v) is 16.1. The van der Waals surface area contributed by atoms with Crippen LogP contribution in [0, 0.1) is 6.92 Å². The van der Waals surface area contributed by atoms with Gasteiger partial charge in [-0.05, 0) is 49.2 Å². The molecule has 3 N–H and O–H groups in total. The molecule has 0 aliphatic heterocycles. The van der Waals surface area contributed by atoms with Crippen LogP contribution in [0.5, 0.6) is 5.75 Å². The summed E-state index contributed by atoms with van der Waals surface area (Å²) in [5.41, 5.74) is 6.53. The van der Waals surface area contributed by atoms with Gasteiger partial charge in [0.05, 0.1) is 0 Å². The predicted molar refractivity (Wildman–Crippen MR) is 107 cm³/mol. The standard InChI is InChI=1S/C21H25N3O4/c1-3-4-9-19(25)22-17-12-10-16(11-13-17)21(27)24-23-20(26)14-28-18-8-6-5-7-15(18)2/h5-8,10-13H,3-4,9,14H2,1-2H3,(H,22,25)(H,23,26)(H,24,27). The van der Waals surface area contributed by atoms with E-state index in [1.54, 1.807) is 30.3 Å². The van der Waals surface area contributed by atoms with Crippen molar-refractivity contribution in [2.45, 2.75) is 33.1 Å². The topological polar surface area (TPSA) is 96.5 Å². The van der Waals surface area contributed by atoms with E-state index in [0.29, 0.717) is 23.4 Å². The highest BCUT2D eigenvalue weighted by molar-refractivity contribution is 5.96. The molecule has 2 rings (SSSR count). The van der Waals surface area contributed by atoms with E-state index in [4.69, 9.17) is 4.74 Å². The van der Waals surface area contributed by atoms with Gasteiger partial charge in [-0.1, -0.05) is 31.5 Å². The smallest absolute Gasteiger partial charge is 0.276 e. The number of carbonyl (C=O) groups is 3. The summed E-state index contributed by atoms with van der Waals surface area (Å²) in [6.07, 6.45) is 2.25. The highest BCUT2D eigenvalue weighted by Gasteiger charge is 2.09. The highest BCUT2D eigenvalue weighted by atomic mass is 16.5. The summed E-state index contributed by atoms with van der Waals surface area (Å²) >= 11 is 0. The molecule has 0 heterocycles. The van der Waals surface area contributed by atoms with Crippen molar-refractivity contribution in [3.8, 4) is 5.75 Å². The van der Waals surface area contributed by atoms with Crippen molar-refractivity contribution in [1.82, 2.24) is 10.9 Å². The molecule has 0 atom stereocenters. The Morgan fingerprint density at radius 3 is 2.32 bits per heavy atom. The minimum atomic E-state index is -0.476. The Bertz CT molecular complexity index is 819. The van der Waals surface area contributed by atoms with E-state index in [1.807, 2.05) is 32.0 Å². The number of hydrogen-bond acceptors (Lipinski definition) is 4. The summed E-state index contributed by atoms with van der Waals surface area (Å²) in [6.45, 7) is 3.69. The number of hydrazine groups is 1. The molecule has 0 bridgehead atoms. The predicted octanol–water partition coefficient (Wildman–Crippen LogP) is 2.96. The molecule has 0 aromatic heterocycles. The maximum Gasteiger partial charge on any atom is 0.276 e. The van der Waals surface area contributed by atoms with Crippen LogP contribution < -0.4 is 20.9 Å². The van der Waals surface area contributed by atoms with E-state index < -0.39 is 11.8 Å². The van der Waals surface area contributed by atoms with Crippen LogP contribution in [0.1, 0.15) is 42.1 Å². The Hall–Kier alpha value is -3.35. The first-order valence-electron chi connectivity index (χ1n) is 9.17. The third-order valence-electron chi connectivity index (χ3n) is 3.96. The van der Waals surface area contributed by atoms with E-state index in [9.17, 15) is 14.4 Å². The van der Waals surface area contributed by atoms with E-state index in [1.165, 1.54) is 0 Å². The van der Waals surface area contributed by atoms with Gasteiger partial charge in [0, 0.05) is 17.7 Å². The zero-order valence-electron chi connectivity index (χ0n) is 16.1. The minimum absolute atomic E-state index is 0.0556. The number of unbranched alkanes of at least 4 members (excludes halogenated alkanes) is 1. The number of ether oxygens (including phenoxy) is 1. The Morgan fingerprint density at radius 1 is 0.929 bits per heavy atom. The largest absolute Gasteiger partial charge is 0.483 e. The Morgan fingerprint density at radius 2 is 1.64 bits per heavy atom. The van der Waals surface area contributed by atoms with Crippen molar-refractivity contribution in [3.05, 3.63) is 59.7 Å². The first-order valence-corrected chi connectivity index (χ1v) is 9.17. The van der Waals surface area contributed by atoms with E-state index >= 15 is 0 Å². The SMILES string of the molecule is CCCCC(=O)Nc1ccc(C(=O)NNC(=O)COc2ccccc2C)cc1. The van der Waals surface area contributed by atoms with Gasteiger partial charge in [-0.15, -0.1) is 0 Å². The summed E-state index contributed by atoms with van der Waals surface area (Å²) < 4.78 is 5.41. The first-order chi connectivity index (χ1) is 13.5. The monoisotopic (exact) mass is 383 g/mol. The van der Waals surface area contributed by atoms with Crippen LogP contribution in [0.25, 0.3) is 0 Å². The molecule has 7 heteroatoms. The number of para-hydroxylation sites is 1. The van der Waals surface area contributed by atoms with Gasteiger partial charge in [0.1, 0.15) is 5.75 Å². The zero-order chi connectivity index (χ0) is 20.4. The molecule has 3 amide bonds. The van der Waals surface area contributed by atoms with Crippen LogP contribution in [-0.4, -0.2) is 24.3 Å². The lowest BCUT2D eigenvalue weighted by atomic mass is 10.2. The van der Waals surface area contributed by atoms with Crippen molar-refractivity contribution < 1.29 is 19.1 Å². The lowest BCUT2D eigenvalue weighted by Gasteiger charge is -2.10. The maximum atomic E-state index is 12.1. The van der Waals surface area contributed by atoms with Crippen molar-refractivity contribution in [3.63, 3.8) is 0 Å². The molecule has 0 aliphatic rings. The number of aryl methyl sites for hydroxylation is 1. The second kappa shape index (κ2) is 10.7. The van der Waals surface area contributed by atoms with Crippen LogP contribution in [0.4, 0.5) is 5.69 Å². The van der Waals surface area contributed by atoms with Gasteiger partial charge in [0.15, 0.2) is 6.61 Å². The van der Waals surface area contributed by atoms with Gasteiger partial charge in [-0.2, -0.15) is 0 Å². The van der Waals surface area contributed by atoms with Gasteiger partial charge >= 0.3 is 0 Å². The summed E-state index contributed by atoms with van der Waals surface area (Å²) in [6, 6.07) is 13.8. The molecule has 0 radical (unpaired) electrons. The maximum absolute atomic E-state index is 12.1. The quantitative estimate of drug-likeness (QED) is 0.611. The number of rotatable bonds is 8. The van der Waals surface area contributed by atoms with Gasteiger partial charge in [0.2, 0.25) is 5.91 Å². The number of hydrogen-bond donors (Lipinski definition) is 3. The minimum Gasteiger partial charge on any atom is -0.483 e. The highest BCUT2D eigenvalue weighted by Crippen LogP contribution is 2.15. The van der Waals surface area contributed by atoms with E-state index in [-0.39, 0.29) is 12.5 Å². The average molecular weight is 383 g/mol. The molecule has 7 nitrogen and oxygen atoms in total. The number of carbonyl (C=O) groups excluding carboxylic acids is 3. The molecule has 0 fully saturated rings. The molecule has 0 spiro atoms. The van der Waals surface area contributed by atoms with Crippen LogP contribution in [0.15, 0.2) is 48.5 Å². The molecule has 0 aliphatic carbocycles. The summed E-state index contributed by atoms with van der Waals surface area (Å²) in [5, 5.41) is 2.77. The van der Waals surface area contributed by atoms with Gasteiger partial charge in [-0.3, -0.25) is 25.2 Å². The molecule has 28 heavy (non-hydrogen) atoms. The molecule has 0 saturated heterocycles. The fourth-order valence-corrected chi connectivity index (χ4v) is 2.36. The number of anilines is 1. The summed E-state index contributed by atoms with van der Waals surface area (Å²) in [7, 11) is 0.